The van der Waals surface area contributed by atoms with E-state index in [1.165, 1.54) is 19.3 Å². The Morgan fingerprint density at radius 2 is 2.05 bits per heavy atom. The van der Waals surface area contributed by atoms with Crippen LogP contribution in [0.3, 0.4) is 0 Å². The minimum Gasteiger partial charge on any atom is -0.337 e. The van der Waals surface area contributed by atoms with Crippen molar-refractivity contribution >= 4 is 5.91 Å². The van der Waals surface area contributed by atoms with E-state index in [-0.39, 0.29) is 5.91 Å². The molecule has 1 saturated heterocycles. The van der Waals surface area contributed by atoms with E-state index >= 15 is 0 Å². The number of carbonyl (C=O) groups excluding carboxylic acids is 1. The third kappa shape index (κ3) is 4.69. The van der Waals surface area contributed by atoms with Crippen LogP contribution in [0.5, 0.6) is 0 Å². The van der Waals surface area contributed by atoms with Crippen LogP contribution in [0.1, 0.15) is 51.4 Å². The normalized spacial score (nSPS) is 25.9. The maximum absolute atomic E-state index is 12.3. The zero-order valence-electron chi connectivity index (χ0n) is 13.2. The molecule has 0 spiro atoms. The molecular weight excluding hydrogens is 264 g/mol. The lowest BCUT2D eigenvalue weighted by atomic mass is 9.92. The molecule has 21 heavy (non-hydrogen) atoms. The van der Waals surface area contributed by atoms with Gasteiger partial charge in [-0.05, 0) is 39.3 Å². The van der Waals surface area contributed by atoms with E-state index in [4.69, 9.17) is 0 Å². The molecule has 5 heteroatoms. The Bertz CT molecular complexity index is 376. The summed E-state index contributed by atoms with van der Waals surface area (Å²) in [4.78, 5) is 14.4. The molecule has 2 N–H and O–H groups in total. The average molecular weight is 292 g/mol. The summed E-state index contributed by atoms with van der Waals surface area (Å²) in [6.45, 7) is 2.41. The summed E-state index contributed by atoms with van der Waals surface area (Å²) in [5, 5.41) is 15.9. The number of amides is 1. The van der Waals surface area contributed by atoms with Gasteiger partial charge in [0.05, 0.1) is 12.6 Å². The van der Waals surface area contributed by atoms with Crippen molar-refractivity contribution in [2.45, 2.75) is 62.9 Å². The Morgan fingerprint density at radius 3 is 2.62 bits per heavy atom. The van der Waals surface area contributed by atoms with Crippen LogP contribution in [-0.4, -0.2) is 49.1 Å². The highest BCUT2D eigenvalue weighted by Crippen LogP contribution is 2.26. The van der Waals surface area contributed by atoms with Crippen LogP contribution >= 0.6 is 0 Å². The Labute approximate surface area is 128 Å². The quantitative estimate of drug-likeness (QED) is 0.769. The lowest BCUT2D eigenvalue weighted by Gasteiger charge is -2.32. The van der Waals surface area contributed by atoms with Crippen LogP contribution in [0.2, 0.25) is 0 Å². The Morgan fingerprint density at radius 1 is 1.33 bits per heavy atom. The predicted octanol–water partition coefficient (Wildman–Crippen LogP) is 1.40. The molecule has 2 rings (SSSR count). The molecule has 118 valence electrons. The van der Waals surface area contributed by atoms with Crippen LogP contribution < -0.4 is 10.6 Å². The van der Waals surface area contributed by atoms with Crippen molar-refractivity contribution in [3.63, 3.8) is 0 Å². The van der Waals surface area contributed by atoms with Crippen molar-refractivity contribution < 1.29 is 4.79 Å². The first kappa shape index (κ1) is 16.3. The lowest BCUT2D eigenvalue weighted by molar-refractivity contribution is -0.124. The molecule has 2 aliphatic rings. The van der Waals surface area contributed by atoms with Gasteiger partial charge in [-0.25, -0.2) is 0 Å². The van der Waals surface area contributed by atoms with E-state index in [9.17, 15) is 10.1 Å². The molecule has 1 amide bonds. The maximum atomic E-state index is 12.3. The number of nitrogens with one attached hydrogen (secondary N) is 2. The molecule has 1 aliphatic heterocycles. The molecule has 2 fully saturated rings. The van der Waals surface area contributed by atoms with Gasteiger partial charge in [0, 0.05) is 12.6 Å². The Hall–Kier alpha value is -1.12. The van der Waals surface area contributed by atoms with Crippen molar-refractivity contribution in [3.8, 4) is 6.07 Å². The van der Waals surface area contributed by atoms with Crippen molar-refractivity contribution in [2.75, 3.05) is 26.7 Å². The molecule has 1 atom stereocenters. The van der Waals surface area contributed by atoms with Crippen molar-refractivity contribution in [1.82, 2.24) is 15.5 Å². The number of rotatable bonds is 4. The van der Waals surface area contributed by atoms with Gasteiger partial charge >= 0.3 is 0 Å². The smallest absolute Gasteiger partial charge is 0.235 e. The van der Waals surface area contributed by atoms with Crippen LogP contribution in [0, 0.1) is 11.3 Å². The third-order valence-electron chi connectivity index (χ3n) is 4.84. The van der Waals surface area contributed by atoms with E-state index in [1.807, 2.05) is 7.05 Å². The molecule has 5 nitrogen and oxygen atoms in total. The number of nitrogens with zero attached hydrogens (tertiary/aromatic N) is 2. The maximum Gasteiger partial charge on any atom is 0.235 e. The lowest BCUT2D eigenvalue weighted by Crippen LogP contribution is -2.52. The summed E-state index contributed by atoms with van der Waals surface area (Å²) in [6.07, 6.45) is 8.32. The number of likely N-dealkylation sites (N-methyl/N-ethyl adjacent to an activating group) is 1. The van der Waals surface area contributed by atoms with Gasteiger partial charge in [0.1, 0.15) is 5.54 Å². The zero-order chi connectivity index (χ0) is 15.1. The van der Waals surface area contributed by atoms with Gasteiger partial charge in [0.25, 0.3) is 0 Å². The molecular formula is C16H28N4O. The fourth-order valence-electron chi connectivity index (χ4n) is 3.47. The predicted molar refractivity (Wildman–Crippen MR) is 82.7 cm³/mol. The fourth-order valence-corrected chi connectivity index (χ4v) is 3.47. The monoisotopic (exact) mass is 292 g/mol. The van der Waals surface area contributed by atoms with Crippen molar-refractivity contribution in [3.05, 3.63) is 0 Å². The van der Waals surface area contributed by atoms with Crippen LogP contribution in [0.4, 0.5) is 0 Å². The molecule has 0 aromatic heterocycles. The van der Waals surface area contributed by atoms with Gasteiger partial charge in [-0.15, -0.1) is 0 Å². The van der Waals surface area contributed by atoms with Gasteiger partial charge in [0.2, 0.25) is 5.91 Å². The van der Waals surface area contributed by atoms with Gasteiger partial charge in [-0.2, -0.15) is 5.26 Å². The summed E-state index contributed by atoms with van der Waals surface area (Å²) < 4.78 is 0. The molecule has 1 heterocycles. The van der Waals surface area contributed by atoms with E-state index in [2.05, 4.69) is 21.6 Å². The number of carbonyl (C=O) groups is 1. The van der Waals surface area contributed by atoms with Gasteiger partial charge in [-0.3, -0.25) is 9.69 Å². The Kier molecular flexibility index (Phi) is 6.01. The first-order chi connectivity index (χ1) is 10.2. The molecule has 0 bridgehead atoms. The van der Waals surface area contributed by atoms with Gasteiger partial charge in [-0.1, -0.05) is 25.7 Å². The average Bonchev–Trinajstić information content (AvgIpc) is 2.74. The second kappa shape index (κ2) is 7.77. The molecule has 0 aromatic rings. The summed E-state index contributed by atoms with van der Waals surface area (Å²) in [6, 6.07) is 2.81. The van der Waals surface area contributed by atoms with Gasteiger partial charge < -0.3 is 10.6 Å². The SMILES string of the molecule is CN(CC(=O)NC1(C#N)CCCCCC1)C1CCCNC1. The summed E-state index contributed by atoms with van der Waals surface area (Å²) >= 11 is 0. The minimum absolute atomic E-state index is 0.00785. The molecule has 1 unspecified atom stereocenters. The summed E-state index contributed by atoms with van der Waals surface area (Å²) in [5.74, 6) is -0.00785. The number of nitriles is 1. The second-order valence-corrected chi connectivity index (χ2v) is 6.57. The second-order valence-electron chi connectivity index (χ2n) is 6.57. The highest BCUT2D eigenvalue weighted by Gasteiger charge is 2.33. The van der Waals surface area contributed by atoms with Crippen LogP contribution in [0.15, 0.2) is 0 Å². The summed E-state index contributed by atoms with van der Waals surface area (Å²) in [5.41, 5.74) is -0.626. The number of piperidine rings is 1. The highest BCUT2D eigenvalue weighted by atomic mass is 16.2. The zero-order valence-corrected chi connectivity index (χ0v) is 13.2. The first-order valence-corrected chi connectivity index (χ1v) is 8.28. The number of hydrogen-bond donors (Lipinski definition) is 2. The minimum atomic E-state index is -0.626. The molecule has 0 radical (unpaired) electrons. The molecule has 0 aromatic carbocycles. The van der Waals surface area contributed by atoms with Crippen LogP contribution in [0.25, 0.3) is 0 Å². The van der Waals surface area contributed by atoms with Crippen molar-refractivity contribution in [1.29, 1.82) is 5.26 Å². The standard InChI is InChI=1S/C16H28N4O/c1-20(14-7-6-10-18-11-14)12-15(21)19-16(13-17)8-4-2-3-5-9-16/h14,18H,2-12H2,1H3,(H,19,21). The van der Waals surface area contributed by atoms with Crippen LogP contribution in [-0.2, 0) is 4.79 Å². The highest BCUT2D eigenvalue weighted by molar-refractivity contribution is 5.79. The van der Waals surface area contributed by atoms with E-state index in [0.29, 0.717) is 12.6 Å². The molecule has 1 saturated carbocycles. The largest absolute Gasteiger partial charge is 0.337 e. The third-order valence-corrected chi connectivity index (χ3v) is 4.84. The fraction of sp³-hybridized carbons (Fsp3) is 0.875. The van der Waals surface area contributed by atoms with Crippen molar-refractivity contribution in [2.24, 2.45) is 0 Å². The number of hydrogen-bond acceptors (Lipinski definition) is 4. The van der Waals surface area contributed by atoms with Gasteiger partial charge in [0.15, 0.2) is 0 Å². The van der Waals surface area contributed by atoms with E-state index in [0.717, 1.165) is 45.2 Å². The molecule has 1 aliphatic carbocycles. The Balaban J connectivity index is 1.85. The first-order valence-electron chi connectivity index (χ1n) is 8.28. The van der Waals surface area contributed by atoms with E-state index in [1.54, 1.807) is 0 Å². The van der Waals surface area contributed by atoms with E-state index < -0.39 is 5.54 Å². The summed E-state index contributed by atoms with van der Waals surface area (Å²) in [7, 11) is 2.00. The topological polar surface area (TPSA) is 68.2 Å².